The van der Waals surface area contributed by atoms with E-state index in [4.69, 9.17) is 5.11 Å². The van der Waals surface area contributed by atoms with E-state index in [2.05, 4.69) is 4.72 Å². The van der Waals surface area contributed by atoms with Gasteiger partial charge in [-0.3, -0.25) is 4.79 Å². The van der Waals surface area contributed by atoms with Gasteiger partial charge < -0.3 is 5.11 Å². The first kappa shape index (κ1) is 18.3. The summed E-state index contributed by atoms with van der Waals surface area (Å²) in [7, 11) is -0.471. The van der Waals surface area contributed by atoms with Crippen LogP contribution >= 0.6 is 0 Å². The van der Waals surface area contributed by atoms with E-state index in [1.807, 2.05) is 20.8 Å². The van der Waals surface area contributed by atoms with E-state index in [1.165, 1.54) is 14.1 Å². The third kappa shape index (κ3) is 7.49. The van der Waals surface area contributed by atoms with Gasteiger partial charge in [0.2, 0.25) is 0 Å². The molecule has 0 aromatic carbocycles. The minimum absolute atomic E-state index is 0.0427. The van der Waals surface area contributed by atoms with E-state index in [0.29, 0.717) is 19.4 Å². The summed E-state index contributed by atoms with van der Waals surface area (Å²) in [4.78, 5) is 10.6. The number of rotatable bonds is 8. The van der Waals surface area contributed by atoms with Crippen LogP contribution in [0.25, 0.3) is 0 Å². The quantitative estimate of drug-likeness (QED) is 0.706. The van der Waals surface area contributed by atoms with Crippen molar-refractivity contribution in [3.8, 4) is 0 Å². The van der Waals surface area contributed by atoms with Crippen LogP contribution in [-0.2, 0) is 15.0 Å². The van der Waals surface area contributed by atoms with Crippen molar-refractivity contribution in [2.45, 2.75) is 40.0 Å². The molecule has 0 aromatic rings. The Morgan fingerprint density at radius 2 is 1.79 bits per heavy atom. The third-order valence-corrected chi connectivity index (χ3v) is 4.72. The maximum absolute atomic E-state index is 11.5. The smallest absolute Gasteiger partial charge is 0.303 e. The second-order valence-corrected chi connectivity index (χ2v) is 7.93. The Balaban J connectivity index is 4.40. The number of hydrogen-bond acceptors (Lipinski definition) is 3. The fourth-order valence-corrected chi connectivity index (χ4v) is 2.43. The van der Waals surface area contributed by atoms with E-state index in [-0.39, 0.29) is 17.8 Å². The second-order valence-electron chi connectivity index (χ2n) is 5.97. The number of aliphatic carboxylic acids is 1. The largest absolute Gasteiger partial charge is 0.481 e. The molecule has 0 aliphatic carbocycles. The maximum Gasteiger partial charge on any atom is 0.303 e. The minimum atomic E-state index is -3.40. The Bertz CT molecular complexity index is 385. The van der Waals surface area contributed by atoms with Gasteiger partial charge in [0, 0.05) is 27.1 Å². The van der Waals surface area contributed by atoms with Crippen LogP contribution in [0.5, 0.6) is 0 Å². The Morgan fingerprint density at radius 1 is 1.26 bits per heavy atom. The molecule has 0 saturated carbocycles. The summed E-state index contributed by atoms with van der Waals surface area (Å²) in [5, 5.41) is 8.74. The van der Waals surface area contributed by atoms with Crippen LogP contribution in [0.1, 0.15) is 40.0 Å². The predicted molar refractivity (Wildman–Crippen MR) is 75.0 cm³/mol. The average Bonchev–Trinajstić information content (AvgIpc) is 2.20. The van der Waals surface area contributed by atoms with Crippen LogP contribution in [0, 0.1) is 11.3 Å². The summed E-state index contributed by atoms with van der Waals surface area (Å²) in [5.74, 6) is -0.656. The summed E-state index contributed by atoms with van der Waals surface area (Å²) in [6, 6.07) is 0. The topological polar surface area (TPSA) is 86.7 Å². The van der Waals surface area contributed by atoms with Gasteiger partial charge in [-0.1, -0.05) is 20.8 Å². The zero-order valence-corrected chi connectivity index (χ0v) is 13.2. The van der Waals surface area contributed by atoms with Gasteiger partial charge in [0.25, 0.3) is 10.2 Å². The third-order valence-electron chi connectivity index (χ3n) is 3.19. The van der Waals surface area contributed by atoms with E-state index in [1.54, 1.807) is 0 Å². The molecule has 0 aliphatic heterocycles. The van der Waals surface area contributed by atoms with Crippen molar-refractivity contribution in [1.29, 1.82) is 0 Å². The van der Waals surface area contributed by atoms with E-state index in [9.17, 15) is 13.2 Å². The lowest BCUT2D eigenvalue weighted by Gasteiger charge is -2.30. The maximum atomic E-state index is 11.5. The minimum Gasteiger partial charge on any atom is -0.481 e. The predicted octanol–water partition coefficient (Wildman–Crippen LogP) is 1.30. The van der Waals surface area contributed by atoms with Crippen LogP contribution in [0.3, 0.4) is 0 Å². The molecule has 1 atom stereocenters. The first-order valence-electron chi connectivity index (χ1n) is 6.35. The van der Waals surface area contributed by atoms with Crippen molar-refractivity contribution in [2.75, 3.05) is 20.6 Å². The number of nitrogens with one attached hydrogen (secondary N) is 1. The molecule has 0 fully saturated rings. The molecule has 0 radical (unpaired) electrons. The van der Waals surface area contributed by atoms with Crippen LogP contribution in [0.15, 0.2) is 0 Å². The fourth-order valence-electron chi connectivity index (χ4n) is 1.80. The van der Waals surface area contributed by atoms with Crippen molar-refractivity contribution in [3.05, 3.63) is 0 Å². The lowest BCUT2D eigenvalue weighted by molar-refractivity contribution is -0.137. The number of carboxylic acids is 1. The van der Waals surface area contributed by atoms with Gasteiger partial charge >= 0.3 is 5.97 Å². The molecule has 0 saturated heterocycles. The summed E-state index contributed by atoms with van der Waals surface area (Å²) < 4.78 is 26.7. The molecule has 0 spiro atoms. The van der Waals surface area contributed by atoms with Gasteiger partial charge in [0.15, 0.2) is 0 Å². The van der Waals surface area contributed by atoms with Gasteiger partial charge in [0.1, 0.15) is 0 Å². The number of carboxylic acid groups (broad SMARTS) is 1. The Kier molecular flexibility index (Phi) is 6.96. The molecule has 0 aliphatic rings. The SMILES string of the molecule is CN(C)S(=O)(=O)NCCC(CCC(=O)O)C(C)(C)C. The van der Waals surface area contributed by atoms with E-state index in [0.717, 1.165) is 4.31 Å². The van der Waals surface area contributed by atoms with Gasteiger partial charge in [0.05, 0.1) is 0 Å². The molecule has 114 valence electrons. The lowest BCUT2D eigenvalue weighted by Crippen LogP contribution is -2.37. The summed E-state index contributed by atoms with van der Waals surface area (Å²) in [5.41, 5.74) is -0.0427. The molecule has 0 aromatic heterocycles. The zero-order valence-electron chi connectivity index (χ0n) is 12.4. The van der Waals surface area contributed by atoms with Crippen LogP contribution < -0.4 is 4.72 Å². The van der Waals surface area contributed by atoms with E-state index < -0.39 is 16.2 Å². The molecule has 0 amide bonds. The fraction of sp³-hybridized carbons (Fsp3) is 0.917. The van der Waals surface area contributed by atoms with Crippen LogP contribution in [0.2, 0.25) is 0 Å². The van der Waals surface area contributed by atoms with Crippen molar-refractivity contribution < 1.29 is 18.3 Å². The van der Waals surface area contributed by atoms with Crippen molar-refractivity contribution >= 4 is 16.2 Å². The van der Waals surface area contributed by atoms with E-state index >= 15 is 0 Å². The Hall–Kier alpha value is -0.660. The van der Waals surface area contributed by atoms with Crippen LogP contribution in [0.4, 0.5) is 0 Å². The lowest BCUT2D eigenvalue weighted by atomic mass is 9.76. The highest BCUT2D eigenvalue weighted by Gasteiger charge is 2.25. The van der Waals surface area contributed by atoms with Gasteiger partial charge in [-0.05, 0) is 24.2 Å². The standard InChI is InChI=1S/C12H26N2O4S/c1-12(2,3)10(6-7-11(15)16)8-9-13-19(17,18)14(4)5/h10,13H,6-9H2,1-5H3,(H,15,16). The van der Waals surface area contributed by atoms with Gasteiger partial charge in [-0.25, -0.2) is 4.72 Å². The highest BCUT2D eigenvalue weighted by molar-refractivity contribution is 7.87. The zero-order chi connectivity index (χ0) is 15.3. The summed E-state index contributed by atoms with van der Waals surface area (Å²) >= 11 is 0. The van der Waals surface area contributed by atoms with Gasteiger partial charge in [-0.15, -0.1) is 0 Å². The number of carbonyl (C=O) groups is 1. The van der Waals surface area contributed by atoms with Crippen molar-refractivity contribution in [2.24, 2.45) is 11.3 Å². The summed E-state index contributed by atoms with van der Waals surface area (Å²) in [6.45, 7) is 6.45. The first-order chi connectivity index (χ1) is 8.47. The van der Waals surface area contributed by atoms with Crippen LogP contribution in [-0.4, -0.2) is 44.4 Å². The Labute approximate surface area is 116 Å². The normalized spacial score (nSPS) is 14.6. The second kappa shape index (κ2) is 7.21. The molecule has 1 unspecified atom stereocenters. The highest BCUT2D eigenvalue weighted by Crippen LogP contribution is 2.32. The molecular formula is C12H26N2O4S. The first-order valence-corrected chi connectivity index (χ1v) is 7.79. The molecular weight excluding hydrogens is 268 g/mol. The monoisotopic (exact) mass is 294 g/mol. The van der Waals surface area contributed by atoms with Crippen molar-refractivity contribution in [1.82, 2.24) is 9.03 Å². The molecule has 0 rings (SSSR count). The van der Waals surface area contributed by atoms with Gasteiger partial charge in [-0.2, -0.15) is 12.7 Å². The van der Waals surface area contributed by atoms with Crippen molar-refractivity contribution in [3.63, 3.8) is 0 Å². The molecule has 6 nitrogen and oxygen atoms in total. The highest BCUT2D eigenvalue weighted by atomic mass is 32.2. The Morgan fingerprint density at radius 3 is 2.16 bits per heavy atom. The molecule has 0 bridgehead atoms. The average molecular weight is 294 g/mol. The molecule has 19 heavy (non-hydrogen) atoms. The number of nitrogens with zero attached hydrogens (tertiary/aromatic N) is 1. The number of hydrogen-bond donors (Lipinski definition) is 2. The molecule has 0 heterocycles. The molecule has 2 N–H and O–H groups in total. The molecule has 7 heteroatoms. The summed E-state index contributed by atoms with van der Waals surface area (Å²) in [6.07, 6.45) is 1.30.